The molecule has 0 saturated heterocycles. The van der Waals surface area contributed by atoms with Gasteiger partial charge in [-0.25, -0.2) is 4.79 Å². The number of aliphatic carboxylic acids is 1. The summed E-state index contributed by atoms with van der Waals surface area (Å²) in [5, 5.41) is 31.9. The van der Waals surface area contributed by atoms with E-state index >= 15 is 0 Å². The number of aliphatic hydroxyl groups excluding tert-OH is 1. The molecule has 0 bridgehead atoms. The maximum absolute atomic E-state index is 12.0. The number of aliphatic hydroxyl groups is 1. The van der Waals surface area contributed by atoms with Gasteiger partial charge < -0.3 is 19.9 Å². The van der Waals surface area contributed by atoms with Gasteiger partial charge in [-0.15, -0.1) is 11.3 Å². The van der Waals surface area contributed by atoms with Gasteiger partial charge in [-0.2, -0.15) is 0 Å². The lowest BCUT2D eigenvalue weighted by Gasteiger charge is -2.19. The first-order valence-electron chi connectivity index (χ1n) is 10.8. The molecule has 0 aliphatic heterocycles. The van der Waals surface area contributed by atoms with E-state index in [9.17, 15) is 19.8 Å². The molecule has 0 aliphatic carbocycles. The van der Waals surface area contributed by atoms with Gasteiger partial charge >= 0.3 is 11.9 Å². The number of hydrogen-bond donors (Lipinski definition) is 3. The average Bonchev–Trinajstić information content (AvgIpc) is 3.39. The number of thiophene rings is 1. The van der Waals surface area contributed by atoms with Gasteiger partial charge in [0.25, 0.3) is 0 Å². The Bertz CT molecular complexity index is 1050. The van der Waals surface area contributed by atoms with Gasteiger partial charge in [-0.05, 0) is 61.4 Å². The molecule has 2 atom stereocenters. The number of aryl methyl sites for hydroxylation is 1. The van der Waals surface area contributed by atoms with Crippen molar-refractivity contribution in [2.75, 3.05) is 0 Å². The second-order valence-corrected chi connectivity index (χ2v) is 9.07. The van der Waals surface area contributed by atoms with E-state index in [1.807, 2.05) is 30.5 Å². The molecule has 170 valence electrons. The molecular weight excluding hydrogens is 426 g/mol. The van der Waals surface area contributed by atoms with Crippen molar-refractivity contribution in [3.05, 3.63) is 80.8 Å². The predicted octanol–water partition coefficient (Wildman–Crippen LogP) is 4.92. The zero-order chi connectivity index (χ0) is 23.3. The van der Waals surface area contributed by atoms with Crippen LogP contribution >= 0.6 is 11.3 Å². The highest BCUT2D eigenvalue weighted by Crippen LogP contribution is 2.32. The average molecular weight is 456 g/mol. The maximum Gasteiger partial charge on any atom is 0.335 e. The second-order valence-electron chi connectivity index (χ2n) is 8.04. The van der Waals surface area contributed by atoms with E-state index in [2.05, 4.69) is 11.5 Å². The lowest BCUT2D eigenvalue weighted by molar-refractivity contribution is -0.145. The Labute approximate surface area is 191 Å². The van der Waals surface area contributed by atoms with Crippen molar-refractivity contribution >= 4 is 23.3 Å². The molecule has 0 saturated carbocycles. The van der Waals surface area contributed by atoms with Gasteiger partial charge in [0, 0.05) is 28.4 Å². The summed E-state index contributed by atoms with van der Waals surface area (Å²) in [5.74, 6) is -2.91. The predicted molar refractivity (Wildman–Crippen MR) is 124 cm³/mol. The van der Waals surface area contributed by atoms with Crippen LogP contribution in [0.2, 0.25) is 0 Å². The minimum absolute atomic E-state index is 0.234. The van der Waals surface area contributed by atoms with Gasteiger partial charge in [-0.3, -0.25) is 4.79 Å². The largest absolute Gasteiger partial charge is 0.481 e. The van der Waals surface area contributed by atoms with Crippen molar-refractivity contribution in [3.8, 4) is 0 Å². The van der Waals surface area contributed by atoms with Gasteiger partial charge in [0.05, 0.1) is 17.6 Å². The Balaban J connectivity index is 1.92. The van der Waals surface area contributed by atoms with Crippen molar-refractivity contribution in [3.63, 3.8) is 0 Å². The molecule has 0 aliphatic rings. The first-order valence-corrected chi connectivity index (χ1v) is 11.6. The van der Waals surface area contributed by atoms with Crippen molar-refractivity contribution in [2.45, 2.75) is 52.2 Å². The number of aromatic carboxylic acids is 1. The zero-order valence-electron chi connectivity index (χ0n) is 18.3. The van der Waals surface area contributed by atoms with Gasteiger partial charge in [-0.1, -0.05) is 31.5 Å². The third kappa shape index (κ3) is 5.47. The number of benzene rings is 1. The molecule has 32 heavy (non-hydrogen) atoms. The van der Waals surface area contributed by atoms with E-state index in [1.54, 1.807) is 24.3 Å². The van der Waals surface area contributed by atoms with Crippen molar-refractivity contribution < 1.29 is 24.9 Å². The SMILES string of the molecule is CCCCc1cc(C(O)C(Cc2cccs2)C(=O)O)c(C)n1Cc1ccc(C(=O)O)cc1. The lowest BCUT2D eigenvalue weighted by Crippen LogP contribution is -2.24. The Kier molecular flexibility index (Phi) is 7.88. The number of carbonyl (C=O) groups is 2. The fraction of sp³-hybridized carbons (Fsp3) is 0.360. The van der Waals surface area contributed by atoms with E-state index in [0.717, 1.165) is 41.1 Å². The number of unbranched alkanes of at least 4 members (excludes halogenated alkanes) is 1. The monoisotopic (exact) mass is 455 g/mol. The van der Waals surface area contributed by atoms with Crippen LogP contribution < -0.4 is 0 Å². The summed E-state index contributed by atoms with van der Waals surface area (Å²) in [4.78, 5) is 24.0. The van der Waals surface area contributed by atoms with Crippen LogP contribution in [0, 0.1) is 12.8 Å². The summed E-state index contributed by atoms with van der Waals surface area (Å²) < 4.78 is 2.11. The van der Waals surface area contributed by atoms with E-state index in [0.29, 0.717) is 12.1 Å². The lowest BCUT2D eigenvalue weighted by atomic mass is 9.92. The van der Waals surface area contributed by atoms with E-state index in [1.165, 1.54) is 11.3 Å². The highest BCUT2D eigenvalue weighted by molar-refractivity contribution is 7.09. The molecule has 7 heteroatoms. The van der Waals surface area contributed by atoms with Crippen LogP contribution in [-0.2, 0) is 24.2 Å². The molecule has 3 aromatic rings. The number of nitrogens with zero attached hydrogens (tertiary/aromatic N) is 1. The molecule has 3 rings (SSSR count). The summed E-state index contributed by atoms with van der Waals surface area (Å²) in [5.41, 5.74) is 3.70. The van der Waals surface area contributed by atoms with Crippen LogP contribution in [0.15, 0.2) is 47.8 Å². The number of rotatable bonds is 11. The summed E-state index contributed by atoms with van der Waals surface area (Å²) in [6.07, 6.45) is 1.98. The fourth-order valence-electron chi connectivity index (χ4n) is 3.95. The van der Waals surface area contributed by atoms with Crippen molar-refractivity contribution in [1.29, 1.82) is 0 Å². The Morgan fingerprint density at radius 2 is 1.84 bits per heavy atom. The molecule has 2 aromatic heterocycles. The third-order valence-electron chi connectivity index (χ3n) is 5.84. The number of hydrogen-bond acceptors (Lipinski definition) is 4. The van der Waals surface area contributed by atoms with E-state index in [4.69, 9.17) is 5.11 Å². The molecule has 3 N–H and O–H groups in total. The highest BCUT2D eigenvalue weighted by Gasteiger charge is 2.31. The molecular formula is C25H29NO5S. The standard InChI is InChI=1S/C25H29NO5S/c1-3-4-6-19-13-21(23(27)22(25(30)31)14-20-7-5-12-32-20)16(2)26(19)15-17-8-10-18(11-9-17)24(28)29/h5,7-13,22-23,27H,3-4,6,14-15H2,1-2H3,(H,28,29)(H,30,31). The molecule has 6 nitrogen and oxygen atoms in total. The van der Waals surface area contributed by atoms with Gasteiger partial charge in [0.2, 0.25) is 0 Å². The summed E-state index contributed by atoms with van der Waals surface area (Å²) >= 11 is 1.49. The quantitative estimate of drug-likeness (QED) is 0.381. The normalized spacial score (nSPS) is 13.1. The smallest absolute Gasteiger partial charge is 0.335 e. The van der Waals surface area contributed by atoms with Crippen LogP contribution in [0.1, 0.15) is 63.6 Å². The van der Waals surface area contributed by atoms with Crippen molar-refractivity contribution in [2.24, 2.45) is 5.92 Å². The molecule has 0 amide bonds. The first-order chi connectivity index (χ1) is 15.3. The number of carboxylic acids is 2. The van der Waals surface area contributed by atoms with Gasteiger partial charge in [0.15, 0.2) is 0 Å². The van der Waals surface area contributed by atoms with Crippen LogP contribution in [-0.4, -0.2) is 31.8 Å². The fourth-order valence-corrected chi connectivity index (χ4v) is 4.71. The minimum Gasteiger partial charge on any atom is -0.481 e. The molecule has 1 aromatic carbocycles. The number of aromatic nitrogens is 1. The third-order valence-corrected chi connectivity index (χ3v) is 6.74. The Morgan fingerprint density at radius 3 is 2.41 bits per heavy atom. The summed E-state index contributed by atoms with van der Waals surface area (Å²) in [7, 11) is 0. The zero-order valence-corrected chi connectivity index (χ0v) is 19.1. The number of carboxylic acid groups (broad SMARTS) is 2. The molecule has 0 spiro atoms. The van der Waals surface area contributed by atoms with Crippen molar-refractivity contribution in [1.82, 2.24) is 4.57 Å². The van der Waals surface area contributed by atoms with Gasteiger partial charge in [0.1, 0.15) is 0 Å². The van der Waals surface area contributed by atoms with Crippen LogP contribution in [0.4, 0.5) is 0 Å². The first kappa shape index (κ1) is 23.8. The topological polar surface area (TPSA) is 99.8 Å². The highest BCUT2D eigenvalue weighted by atomic mass is 32.1. The molecule has 0 radical (unpaired) electrons. The minimum atomic E-state index is -1.12. The second kappa shape index (κ2) is 10.6. The Morgan fingerprint density at radius 1 is 1.12 bits per heavy atom. The maximum atomic E-state index is 12.0. The molecule has 2 heterocycles. The Hall–Kier alpha value is -2.90. The molecule has 2 unspecified atom stereocenters. The van der Waals surface area contributed by atoms with Crippen LogP contribution in [0.5, 0.6) is 0 Å². The van der Waals surface area contributed by atoms with E-state index < -0.39 is 24.0 Å². The van der Waals surface area contributed by atoms with Crippen LogP contribution in [0.25, 0.3) is 0 Å². The summed E-state index contributed by atoms with van der Waals surface area (Å²) in [6, 6.07) is 12.5. The van der Waals surface area contributed by atoms with E-state index in [-0.39, 0.29) is 12.0 Å². The molecule has 0 fully saturated rings. The van der Waals surface area contributed by atoms with Crippen LogP contribution in [0.3, 0.4) is 0 Å². The summed E-state index contributed by atoms with van der Waals surface area (Å²) in [6.45, 7) is 4.55.